The lowest BCUT2D eigenvalue weighted by Gasteiger charge is -2.23. The topological polar surface area (TPSA) is 116 Å². The molecule has 1 fully saturated rings. The maximum atomic E-state index is 12.5. The summed E-state index contributed by atoms with van der Waals surface area (Å²) in [5.41, 5.74) is 1.59. The van der Waals surface area contributed by atoms with E-state index in [4.69, 9.17) is 4.74 Å². The van der Waals surface area contributed by atoms with E-state index >= 15 is 0 Å². The Morgan fingerprint density at radius 2 is 1.50 bits per heavy atom. The van der Waals surface area contributed by atoms with Crippen molar-refractivity contribution in [2.45, 2.75) is 32.0 Å². The summed E-state index contributed by atoms with van der Waals surface area (Å²) in [6.45, 7) is 1.31. The van der Waals surface area contributed by atoms with Crippen molar-refractivity contribution in [3.63, 3.8) is 0 Å². The summed E-state index contributed by atoms with van der Waals surface area (Å²) in [6, 6.07) is 11.8. The Bertz CT molecular complexity index is 866. The second kappa shape index (κ2) is 8.57. The third-order valence-corrected chi connectivity index (χ3v) is 4.70. The number of benzene rings is 2. The van der Waals surface area contributed by atoms with Gasteiger partial charge in [0.25, 0.3) is 11.4 Å². The number of carbonyl (C=O) groups is 1. The van der Waals surface area contributed by atoms with Gasteiger partial charge in [0.05, 0.1) is 9.85 Å². The molecule has 1 aliphatic rings. The molecule has 9 heteroatoms. The number of hydrogen-bond donors (Lipinski definition) is 0. The van der Waals surface area contributed by atoms with E-state index in [0.717, 1.165) is 18.5 Å². The van der Waals surface area contributed by atoms with Gasteiger partial charge in [-0.1, -0.05) is 12.1 Å². The molecule has 0 aliphatic carbocycles. The number of likely N-dealkylation sites (tertiary alicyclic amines) is 1. The summed E-state index contributed by atoms with van der Waals surface area (Å²) in [5.74, 6) is -0.335. The molecule has 1 atom stereocenters. The summed E-state index contributed by atoms with van der Waals surface area (Å²) < 4.78 is 5.39. The minimum Gasteiger partial charge on any atom is -0.460 e. The molecule has 0 N–H and O–H groups in total. The largest absolute Gasteiger partial charge is 0.460 e. The molecule has 0 saturated carbocycles. The third kappa shape index (κ3) is 4.68. The van der Waals surface area contributed by atoms with Crippen molar-refractivity contribution in [2.24, 2.45) is 0 Å². The van der Waals surface area contributed by atoms with Crippen LogP contribution in [0.4, 0.5) is 11.4 Å². The molecule has 3 rings (SSSR count). The number of hydrogen-bond acceptors (Lipinski definition) is 7. The summed E-state index contributed by atoms with van der Waals surface area (Å²) in [7, 11) is 0. The van der Waals surface area contributed by atoms with Crippen molar-refractivity contribution in [1.29, 1.82) is 0 Å². The van der Waals surface area contributed by atoms with Crippen LogP contribution in [0.1, 0.15) is 24.0 Å². The maximum Gasteiger partial charge on any atom is 0.323 e. The van der Waals surface area contributed by atoms with Gasteiger partial charge < -0.3 is 4.74 Å². The summed E-state index contributed by atoms with van der Waals surface area (Å²) in [5, 5.41) is 21.4. The van der Waals surface area contributed by atoms with Crippen molar-refractivity contribution in [1.82, 2.24) is 4.90 Å². The molecule has 0 bridgehead atoms. The Hall–Kier alpha value is -3.33. The van der Waals surface area contributed by atoms with Crippen LogP contribution in [0.2, 0.25) is 0 Å². The van der Waals surface area contributed by atoms with Gasteiger partial charge in [0.1, 0.15) is 12.6 Å². The Balaban J connectivity index is 1.56. The van der Waals surface area contributed by atoms with E-state index in [1.165, 1.54) is 24.3 Å². The average molecular weight is 385 g/mol. The highest BCUT2D eigenvalue weighted by molar-refractivity contribution is 5.76. The molecule has 146 valence electrons. The van der Waals surface area contributed by atoms with Crippen LogP contribution in [0.15, 0.2) is 48.5 Å². The molecule has 1 saturated heterocycles. The fraction of sp³-hybridized carbons (Fsp3) is 0.316. The second-order valence-electron chi connectivity index (χ2n) is 6.58. The zero-order chi connectivity index (χ0) is 20.1. The monoisotopic (exact) mass is 385 g/mol. The molecular formula is C19H19N3O6. The van der Waals surface area contributed by atoms with E-state index in [0.29, 0.717) is 18.5 Å². The van der Waals surface area contributed by atoms with Gasteiger partial charge >= 0.3 is 5.97 Å². The normalized spacial score (nSPS) is 16.6. The lowest BCUT2D eigenvalue weighted by Crippen LogP contribution is -2.36. The SMILES string of the molecule is O=C(OCc1ccc([N+](=O)[O-])cc1)C1CCCN1Cc1ccc([N+](=O)[O-])cc1. The number of rotatable bonds is 7. The summed E-state index contributed by atoms with van der Waals surface area (Å²) >= 11 is 0. The molecule has 28 heavy (non-hydrogen) atoms. The van der Waals surface area contributed by atoms with Crippen molar-refractivity contribution in [2.75, 3.05) is 6.54 Å². The van der Waals surface area contributed by atoms with Gasteiger partial charge in [-0.3, -0.25) is 29.9 Å². The number of ether oxygens (including phenoxy) is 1. The lowest BCUT2D eigenvalue weighted by atomic mass is 10.1. The molecular weight excluding hydrogens is 366 g/mol. The smallest absolute Gasteiger partial charge is 0.323 e. The number of non-ortho nitro benzene ring substituents is 2. The summed E-state index contributed by atoms with van der Waals surface area (Å²) in [4.78, 5) is 35.0. The van der Waals surface area contributed by atoms with Crippen LogP contribution in [-0.4, -0.2) is 33.3 Å². The average Bonchev–Trinajstić information content (AvgIpc) is 3.15. The number of carbonyl (C=O) groups excluding carboxylic acids is 1. The highest BCUT2D eigenvalue weighted by Gasteiger charge is 2.32. The van der Waals surface area contributed by atoms with Gasteiger partial charge in [-0.15, -0.1) is 0 Å². The first-order chi connectivity index (χ1) is 13.4. The molecule has 0 aromatic heterocycles. The van der Waals surface area contributed by atoms with Gasteiger partial charge in [0.2, 0.25) is 0 Å². The van der Waals surface area contributed by atoms with Crippen LogP contribution in [0, 0.1) is 20.2 Å². The molecule has 9 nitrogen and oxygen atoms in total. The number of nitro benzene ring substituents is 2. The zero-order valence-corrected chi connectivity index (χ0v) is 15.0. The fourth-order valence-electron chi connectivity index (χ4n) is 3.20. The van der Waals surface area contributed by atoms with Crippen LogP contribution in [0.5, 0.6) is 0 Å². The Morgan fingerprint density at radius 3 is 2.04 bits per heavy atom. The molecule has 0 spiro atoms. The number of esters is 1. The fourth-order valence-corrected chi connectivity index (χ4v) is 3.20. The quantitative estimate of drug-likeness (QED) is 0.408. The van der Waals surface area contributed by atoms with Crippen LogP contribution in [0.3, 0.4) is 0 Å². The third-order valence-electron chi connectivity index (χ3n) is 4.70. The van der Waals surface area contributed by atoms with Crippen LogP contribution < -0.4 is 0 Å². The van der Waals surface area contributed by atoms with Gasteiger partial charge in [-0.2, -0.15) is 0 Å². The van der Waals surface area contributed by atoms with Crippen LogP contribution in [0.25, 0.3) is 0 Å². The molecule has 1 aliphatic heterocycles. The first-order valence-electron chi connectivity index (χ1n) is 8.81. The van der Waals surface area contributed by atoms with Gasteiger partial charge in [-0.05, 0) is 42.6 Å². The molecule has 0 radical (unpaired) electrons. The van der Waals surface area contributed by atoms with Crippen molar-refractivity contribution >= 4 is 17.3 Å². The predicted molar refractivity (Wildman–Crippen MR) is 99.4 cm³/mol. The predicted octanol–water partition coefficient (Wildman–Crippen LogP) is 3.21. The minimum absolute atomic E-state index is 0.0138. The molecule has 1 heterocycles. The first-order valence-corrected chi connectivity index (χ1v) is 8.81. The Kier molecular flexibility index (Phi) is 5.95. The second-order valence-corrected chi connectivity index (χ2v) is 6.58. The molecule has 1 unspecified atom stereocenters. The van der Waals surface area contributed by atoms with E-state index < -0.39 is 9.85 Å². The Morgan fingerprint density at radius 1 is 0.964 bits per heavy atom. The zero-order valence-electron chi connectivity index (χ0n) is 15.0. The Labute approximate surface area is 160 Å². The number of nitrogens with zero attached hydrogens (tertiary/aromatic N) is 3. The standard InChI is InChI=1S/C19H19N3O6/c23-19(28-13-15-5-9-17(10-6-15)22(26)27)18-2-1-11-20(18)12-14-3-7-16(8-4-14)21(24)25/h3-10,18H,1-2,11-13H2. The van der Waals surface area contributed by atoms with Crippen LogP contribution >= 0.6 is 0 Å². The van der Waals surface area contributed by atoms with Crippen molar-refractivity contribution < 1.29 is 19.4 Å². The molecule has 2 aromatic rings. The van der Waals surface area contributed by atoms with Gasteiger partial charge in [0.15, 0.2) is 0 Å². The van der Waals surface area contributed by atoms with Crippen LogP contribution in [-0.2, 0) is 22.7 Å². The highest BCUT2D eigenvalue weighted by atomic mass is 16.6. The minimum atomic E-state index is -0.482. The molecule has 0 amide bonds. The van der Waals surface area contributed by atoms with E-state index in [1.807, 2.05) is 4.90 Å². The van der Waals surface area contributed by atoms with Crippen molar-refractivity contribution in [3.8, 4) is 0 Å². The molecule has 2 aromatic carbocycles. The highest BCUT2D eigenvalue weighted by Crippen LogP contribution is 2.23. The lowest BCUT2D eigenvalue weighted by molar-refractivity contribution is -0.385. The van der Waals surface area contributed by atoms with E-state index in [2.05, 4.69) is 0 Å². The van der Waals surface area contributed by atoms with E-state index in [-0.39, 0.29) is 30.0 Å². The number of nitro groups is 2. The van der Waals surface area contributed by atoms with Crippen molar-refractivity contribution in [3.05, 3.63) is 79.9 Å². The van der Waals surface area contributed by atoms with E-state index in [1.54, 1.807) is 24.3 Å². The summed E-state index contributed by atoms with van der Waals surface area (Å²) in [6.07, 6.45) is 1.55. The first kappa shape index (κ1) is 19.4. The van der Waals surface area contributed by atoms with Gasteiger partial charge in [0, 0.05) is 30.8 Å². The van der Waals surface area contributed by atoms with E-state index in [9.17, 15) is 25.0 Å². The maximum absolute atomic E-state index is 12.5. The van der Waals surface area contributed by atoms with Gasteiger partial charge in [-0.25, -0.2) is 0 Å².